The van der Waals surface area contributed by atoms with Crippen LogP contribution in [0.15, 0.2) is 30.3 Å². The van der Waals surface area contributed by atoms with E-state index in [1.54, 1.807) is 0 Å². The van der Waals surface area contributed by atoms with Gasteiger partial charge in [-0.1, -0.05) is 44.2 Å². The molecule has 34 heavy (non-hydrogen) atoms. The minimum Gasteiger partial charge on any atom is -0.444 e. The van der Waals surface area contributed by atoms with Crippen molar-refractivity contribution in [1.29, 1.82) is 0 Å². The Labute approximate surface area is 208 Å². The summed E-state index contributed by atoms with van der Waals surface area (Å²) in [6, 6.07) is 10.7. The molecule has 2 saturated heterocycles. The number of hydrogen-bond donors (Lipinski definition) is 1. The molecule has 1 aromatic heterocycles. The number of alkyl carbamates (subject to hydrolysis) is 1. The maximum absolute atomic E-state index is 12.6. The smallest absolute Gasteiger partial charge is 0.408 e. The third-order valence-electron chi connectivity index (χ3n) is 7.03. The van der Waals surface area contributed by atoms with Gasteiger partial charge in [-0.3, -0.25) is 4.90 Å². The number of carbonyl (C=O) groups is 1. The summed E-state index contributed by atoms with van der Waals surface area (Å²) < 4.78 is 31.5. The second-order valence-electron chi connectivity index (χ2n) is 11.1. The third-order valence-corrected chi connectivity index (χ3v) is 7.03. The number of aryl methyl sites for hydroxylation is 1. The number of amides is 1. The monoisotopic (exact) mass is 470 g/mol. The molecular weight excluding hydrogens is 426 g/mol. The third kappa shape index (κ3) is 5.62. The molecule has 0 saturated carbocycles. The topological polar surface area (TPSA) is 72.3 Å². The standard InChI is InChI=1S/C27H41N5O2/c1-18(2)25-30-29-19(3)32(25)23-16-21-12-13-22(17-23)31(21)15-14-24(20-10-8-7-9-11-20)28-26(33)34-27(4,5)6/h7-11,18,21-24H,12-17H2,1-6H3,(H,28,33)/t21?,22?,23?,24-/m0/s1/i3D3. The van der Waals surface area contributed by atoms with Gasteiger partial charge in [0.2, 0.25) is 0 Å². The van der Waals surface area contributed by atoms with Crippen molar-refractivity contribution in [2.75, 3.05) is 6.54 Å². The molecule has 2 aliphatic heterocycles. The van der Waals surface area contributed by atoms with E-state index in [1.807, 2.05) is 69.5 Å². The van der Waals surface area contributed by atoms with Crippen LogP contribution in [0.5, 0.6) is 0 Å². The lowest BCUT2D eigenvalue weighted by molar-refractivity contribution is 0.0488. The van der Waals surface area contributed by atoms with Gasteiger partial charge in [0.1, 0.15) is 17.2 Å². The molecular formula is C27H41N5O2. The van der Waals surface area contributed by atoms with Crippen molar-refractivity contribution in [3.63, 3.8) is 0 Å². The van der Waals surface area contributed by atoms with Gasteiger partial charge in [-0.2, -0.15) is 0 Å². The molecule has 0 aliphatic carbocycles. The van der Waals surface area contributed by atoms with E-state index in [4.69, 9.17) is 8.85 Å². The average Bonchev–Trinajstić information content (AvgIpc) is 3.35. The Morgan fingerprint density at radius 1 is 1.15 bits per heavy atom. The lowest BCUT2D eigenvalue weighted by atomic mass is 9.95. The van der Waals surface area contributed by atoms with Crippen molar-refractivity contribution in [3.8, 4) is 0 Å². The van der Waals surface area contributed by atoms with Crippen molar-refractivity contribution < 1.29 is 13.6 Å². The number of ether oxygens (including phenoxy) is 1. The Morgan fingerprint density at radius 2 is 1.82 bits per heavy atom. The molecule has 1 aromatic carbocycles. The first kappa shape index (κ1) is 20.9. The fraction of sp³-hybridized carbons (Fsp3) is 0.667. The summed E-state index contributed by atoms with van der Waals surface area (Å²) in [5, 5.41) is 11.5. The zero-order valence-corrected chi connectivity index (χ0v) is 21.1. The van der Waals surface area contributed by atoms with Gasteiger partial charge in [0, 0.05) is 34.7 Å². The number of fused-ring (bicyclic) bond motifs is 2. The van der Waals surface area contributed by atoms with E-state index < -0.39 is 18.5 Å². The molecule has 2 bridgehead atoms. The summed E-state index contributed by atoms with van der Waals surface area (Å²) in [5.41, 5.74) is 0.501. The van der Waals surface area contributed by atoms with Crippen LogP contribution in [0.25, 0.3) is 0 Å². The first-order valence-electron chi connectivity index (χ1n) is 14.1. The SMILES string of the molecule is [2H]C([2H])([2H])c1nnc(C(C)C)n1C1CC2CCC(C1)N2CC[C@H](NC(=O)OC(C)(C)C)c1ccccc1. The molecule has 7 heteroatoms. The number of aromatic nitrogens is 3. The zero-order valence-electron chi connectivity index (χ0n) is 24.1. The number of hydrogen-bond acceptors (Lipinski definition) is 5. The van der Waals surface area contributed by atoms with Gasteiger partial charge in [0.15, 0.2) is 0 Å². The summed E-state index contributed by atoms with van der Waals surface area (Å²) in [4.78, 5) is 15.2. The van der Waals surface area contributed by atoms with Crippen LogP contribution in [0, 0.1) is 6.85 Å². The van der Waals surface area contributed by atoms with Crippen molar-refractivity contribution in [3.05, 3.63) is 47.5 Å². The predicted molar refractivity (Wildman–Crippen MR) is 134 cm³/mol. The molecule has 4 rings (SSSR count). The highest BCUT2D eigenvalue weighted by molar-refractivity contribution is 5.68. The summed E-state index contributed by atoms with van der Waals surface area (Å²) >= 11 is 0. The molecule has 7 nitrogen and oxygen atoms in total. The Morgan fingerprint density at radius 3 is 2.41 bits per heavy atom. The molecule has 2 unspecified atom stereocenters. The minimum atomic E-state index is -2.29. The minimum absolute atomic E-state index is 0.0846. The highest BCUT2D eigenvalue weighted by atomic mass is 16.6. The normalized spacial score (nSPS) is 25.5. The van der Waals surface area contributed by atoms with Crippen molar-refractivity contribution in [2.45, 2.75) is 109 Å². The Bertz CT molecular complexity index is 1050. The van der Waals surface area contributed by atoms with Crippen LogP contribution >= 0.6 is 0 Å². The average molecular weight is 471 g/mol. The van der Waals surface area contributed by atoms with Gasteiger partial charge in [0.25, 0.3) is 0 Å². The van der Waals surface area contributed by atoms with Crippen LogP contribution in [0.1, 0.15) is 106 Å². The van der Waals surface area contributed by atoms with Crippen LogP contribution in [0.2, 0.25) is 0 Å². The number of benzene rings is 1. The van der Waals surface area contributed by atoms with Crippen molar-refractivity contribution in [2.24, 2.45) is 0 Å². The van der Waals surface area contributed by atoms with E-state index in [1.165, 1.54) is 0 Å². The van der Waals surface area contributed by atoms with E-state index in [2.05, 4.69) is 20.4 Å². The summed E-state index contributed by atoms with van der Waals surface area (Å²) in [6.45, 7) is 8.23. The number of nitrogens with zero attached hydrogens (tertiary/aromatic N) is 4. The second kappa shape index (κ2) is 10.1. The van der Waals surface area contributed by atoms with Gasteiger partial charge < -0.3 is 14.6 Å². The van der Waals surface area contributed by atoms with Crippen LogP contribution < -0.4 is 5.32 Å². The summed E-state index contributed by atoms with van der Waals surface area (Å²) in [6.07, 6.45) is 4.32. The molecule has 186 valence electrons. The molecule has 3 atom stereocenters. The van der Waals surface area contributed by atoms with Gasteiger partial charge in [-0.15, -0.1) is 10.2 Å². The highest BCUT2D eigenvalue weighted by Gasteiger charge is 2.42. The van der Waals surface area contributed by atoms with Gasteiger partial charge >= 0.3 is 6.09 Å². The Kier molecular flexibility index (Phi) is 6.19. The number of rotatable bonds is 7. The van der Waals surface area contributed by atoms with E-state index >= 15 is 0 Å². The van der Waals surface area contributed by atoms with Gasteiger partial charge in [-0.25, -0.2) is 4.79 Å². The quantitative estimate of drug-likeness (QED) is 0.576. The lowest BCUT2D eigenvalue weighted by Crippen LogP contribution is -2.45. The summed E-state index contributed by atoms with van der Waals surface area (Å²) in [7, 11) is 0. The molecule has 3 heterocycles. The fourth-order valence-electron chi connectivity index (χ4n) is 5.61. The summed E-state index contributed by atoms with van der Waals surface area (Å²) in [5.74, 6) is 0.972. The number of nitrogens with one attached hydrogen (secondary N) is 1. The highest BCUT2D eigenvalue weighted by Crippen LogP contribution is 2.42. The molecule has 2 aliphatic rings. The molecule has 0 radical (unpaired) electrons. The van der Waals surface area contributed by atoms with Crippen LogP contribution in [-0.4, -0.2) is 50.0 Å². The predicted octanol–water partition coefficient (Wildman–Crippen LogP) is 5.53. The van der Waals surface area contributed by atoms with Crippen LogP contribution in [-0.2, 0) is 4.74 Å². The van der Waals surface area contributed by atoms with E-state index in [0.717, 1.165) is 50.0 Å². The molecule has 1 N–H and O–H groups in total. The Hall–Kier alpha value is -2.41. The van der Waals surface area contributed by atoms with Crippen LogP contribution in [0.3, 0.4) is 0 Å². The maximum atomic E-state index is 12.6. The Balaban J connectivity index is 1.47. The first-order valence-corrected chi connectivity index (χ1v) is 12.6. The zero-order chi connectivity index (χ0) is 27.0. The van der Waals surface area contributed by atoms with Crippen molar-refractivity contribution >= 4 is 6.09 Å². The first-order chi connectivity index (χ1) is 17.3. The lowest BCUT2D eigenvalue weighted by Gasteiger charge is -2.40. The van der Waals surface area contributed by atoms with Gasteiger partial charge in [-0.05, 0) is 65.3 Å². The molecule has 2 fully saturated rings. The largest absolute Gasteiger partial charge is 0.444 e. The number of carbonyl (C=O) groups excluding carboxylic acids is 1. The van der Waals surface area contributed by atoms with Gasteiger partial charge in [0.05, 0.1) is 6.04 Å². The maximum Gasteiger partial charge on any atom is 0.408 e. The van der Waals surface area contributed by atoms with Crippen molar-refractivity contribution in [1.82, 2.24) is 25.0 Å². The number of piperidine rings is 1. The molecule has 0 spiro atoms. The van der Waals surface area contributed by atoms with Crippen LogP contribution in [0.4, 0.5) is 4.79 Å². The van der Waals surface area contributed by atoms with E-state index in [0.29, 0.717) is 12.1 Å². The fourth-order valence-corrected chi connectivity index (χ4v) is 5.61. The van der Waals surface area contributed by atoms with E-state index in [9.17, 15) is 4.79 Å². The molecule has 2 aromatic rings. The second-order valence-corrected chi connectivity index (χ2v) is 11.1. The van der Waals surface area contributed by atoms with E-state index in [-0.39, 0.29) is 23.8 Å². The molecule has 1 amide bonds.